The van der Waals surface area contributed by atoms with Gasteiger partial charge in [0.15, 0.2) is 0 Å². The number of fused-ring (bicyclic) bond motifs is 1. The number of alkyl halides is 1. The second-order valence-electron chi connectivity index (χ2n) is 4.77. The van der Waals surface area contributed by atoms with Gasteiger partial charge >= 0.3 is 0 Å². The van der Waals surface area contributed by atoms with Crippen LogP contribution in [0, 0.1) is 0 Å². The van der Waals surface area contributed by atoms with Gasteiger partial charge in [0.2, 0.25) is 0 Å². The molecule has 21 heavy (non-hydrogen) atoms. The van der Waals surface area contributed by atoms with Crippen molar-refractivity contribution < 1.29 is 0 Å². The fourth-order valence-electron chi connectivity index (χ4n) is 2.42. The van der Waals surface area contributed by atoms with Crippen molar-refractivity contribution in [3.63, 3.8) is 0 Å². The van der Waals surface area contributed by atoms with E-state index in [1.54, 1.807) is 6.20 Å². The zero-order valence-electron chi connectivity index (χ0n) is 11.4. The van der Waals surface area contributed by atoms with Crippen LogP contribution in [0.3, 0.4) is 0 Å². The quantitative estimate of drug-likeness (QED) is 0.627. The van der Waals surface area contributed by atoms with Crippen molar-refractivity contribution >= 4 is 38.6 Å². The third-order valence-electron chi connectivity index (χ3n) is 3.35. The SMILES string of the molecule is ClCCc1nc2cc(Br)ccc2n1CCCn1ccnn1. The van der Waals surface area contributed by atoms with Gasteiger partial charge in [0.05, 0.1) is 17.2 Å². The van der Waals surface area contributed by atoms with Crippen LogP contribution in [0.4, 0.5) is 0 Å². The molecule has 3 aromatic rings. The van der Waals surface area contributed by atoms with E-state index in [1.807, 2.05) is 23.0 Å². The Balaban J connectivity index is 1.82. The number of benzene rings is 1. The molecule has 0 aliphatic heterocycles. The topological polar surface area (TPSA) is 48.5 Å². The number of aromatic nitrogens is 5. The summed E-state index contributed by atoms with van der Waals surface area (Å²) in [6.45, 7) is 1.74. The Morgan fingerprint density at radius 1 is 1.24 bits per heavy atom. The van der Waals surface area contributed by atoms with Crippen molar-refractivity contribution in [1.29, 1.82) is 0 Å². The Morgan fingerprint density at radius 3 is 2.90 bits per heavy atom. The maximum Gasteiger partial charge on any atom is 0.111 e. The average molecular weight is 369 g/mol. The summed E-state index contributed by atoms with van der Waals surface area (Å²) in [5.41, 5.74) is 2.15. The first-order chi connectivity index (χ1) is 10.3. The highest BCUT2D eigenvalue weighted by Gasteiger charge is 2.10. The highest BCUT2D eigenvalue weighted by molar-refractivity contribution is 9.10. The van der Waals surface area contributed by atoms with Gasteiger partial charge in [-0.3, -0.25) is 4.68 Å². The monoisotopic (exact) mass is 367 g/mol. The van der Waals surface area contributed by atoms with E-state index in [1.165, 1.54) is 0 Å². The number of rotatable bonds is 6. The van der Waals surface area contributed by atoms with Crippen molar-refractivity contribution in [3.8, 4) is 0 Å². The number of halogens is 2. The normalized spacial score (nSPS) is 11.3. The van der Waals surface area contributed by atoms with Gasteiger partial charge in [0.25, 0.3) is 0 Å². The number of nitrogens with zero attached hydrogens (tertiary/aromatic N) is 5. The lowest BCUT2D eigenvalue weighted by atomic mass is 10.3. The molecule has 0 unspecified atom stereocenters. The molecule has 0 radical (unpaired) electrons. The summed E-state index contributed by atoms with van der Waals surface area (Å²) in [7, 11) is 0. The Morgan fingerprint density at radius 2 is 2.14 bits per heavy atom. The zero-order chi connectivity index (χ0) is 14.7. The largest absolute Gasteiger partial charge is 0.328 e. The van der Waals surface area contributed by atoms with E-state index in [-0.39, 0.29) is 0 Å². The van der Waals surface area contributed by atoms with Crippen LogP contribution in [0.2, 0.25) is 0 Å². The maximum absolute atomic E-state index is 5.90. The van der Waals surface area contributed by atoms with Crippen molar-refractivity contribution in [1.82, 2.24) is 24.5 Å². The van der Waals surface area contributed by atoms with Gasteiger partial charge < -0.3 is 4.57 Å². The molecule has 0 N–H and O–H groups in total. The third kappa shape index (κ3) is 3.27. The van der Waals surface area contributed by atoms with Crippen LogP contribution in [0.15, 0.2) is 35.1 Å². The predicted octanol–water partition coefficient (Wildman–Crippen LogP) is 3.26. The molecule has 0 amide bonds. The molecular weight excluding hydrogens is 354 g/mol. The van der Waals surface area contributed by atoms with Crippen LogP contribution in [-0.4, -0.2) is 30.4 Å². The highest BCUT2D eigenvalue weighted by Crippen LogP contribution is 2.22. The van der Waals surface area contributed by atoms with E-state index >= 15 is 0 Å². The van der Waals surface area contributed by atoms with E-state index in [0.717, 1.165) is 47.3 Å². The first-order valence-corrected chi connectivity index (χ1v) is 8.15. The molecule has 3 rings (SSSR count). The maximum atomic E-state index is 5.90. The van der Waals surface area contributed by atoms with Crippen molar-refractivity contribution in [2.75, 3.05) is 5.88 Å². The van der Waals surface area contributed by atoms with E-state index in [4.69, 9.17) is 16.6 Å². The number of aryl methyl sites for hydroxylation is 3. The fourth-order valence-corrected chi connectivity index (χ4v) is 2.94. The van der Waals surface area contributed by atoms with Crippen LogP contribution in [-0.2, 0) is 19.5 Å². The molecule has 7 heteroatoms. The molecule has 2 aromatic heterocycles. The molecule has 0 bridgehead atoms. The van der Waals surface area contributed by atoms with Gasteiger partial charge in [0, 0.05) is 36.1 Å². The molecule has 110 valence electrons. The first-order valence-electron chi connectivity index (χ1n) is 6.82. The van der Waals surface area contributed by atoms with Gasteiger partial charge in [-0.1, -0.05) is 21.1 Å². The zero-order valence-corrected chi connectivity index (χ0v) is 13.8. The summed E-state index contributed by atoms with van der Waals surface area (Å²) >= 11 is 9.39. The van der Waals surface area contributed by atoms with E-state index < -0.39 is 0 Å². The Kier molecular flexibility index (Phi) is 4.55. The second kappa shape index (κ2) is 6.58. The lowest BCUT2D eigenvalue weighted by Crippen LogP contribution is -2.08. The molecule has 0 saturated heterocycles. The van der Waals surface area contributed by atoms with Crippen LogP contribution in [0.5, 0.6) is 0 Å². The predicted molar refractivity (Wildman–Crippen MR) is 86.5 cm³/mol. The first kappa shape index (κ1) is 14.5. The molecule has 5 nitrogen and oxygen atoms in total. The standard InChI is InChI=1S/C14H15BrClN5/c15-11-2-3-13-12(10-11)18-14(4-5-16)21(13)8-1-7-20-9-6-17-19-20/h2-3,6,9-10H,1,4-5,7-8H2. The Labute approximate surface area is 136 Å². The van der Waals surface area contributed by atoms with Crippen LogP contribution < -0.4 is 0 Å². The summed E-state index contributed by atoms with van der Waals surface area (Å²) < 4.78 is 5.14. The molecular formula is C14H15BrClN5. The molecule has 0 aliphatic rings. The fraction of sp³-hybridized carbons (Fsp3) is 0.357. The number of imidazole rings is 1. The smallest absolute Gasteiger partial charge is 0.111 e. The minimum atomic E-state index is 0.577. The highest BCUT2D eigenvalue weighted by atomic mass is 79.9. The average Bonchev–Trinajstić information content (AvgIpc) is 3.08. The van der Waals surface area contributed by atoms with Crippen molar-refractivity contribution in [2.24, 2.45) is 0 Å². The number of hydrogen-bond donors (Lipinski definition) is 0. The van der Waals surface area contributed by atoms with Gasteiger partial charge in [-0.05, 0) is 24.6 Å². The molecule has 2 heterocycles. The van der Waals surface area contributed by atoms with Gasteiger partial charge in [0.1, 0.15) is 5.82 Å². The van der Waals surface area contributed by atoms with E-state index in [9.17, 15) is 0 Å². The van der Waals surface area contributed by atoms with Gasteiger partial charge in [-0.2, -0.15) is 0 Å². The van der Waals surface area contributed by atoms with Crippen molar-refractivity contribution in [2.45, 2.75) is 25.9 Å². The Hall–Kier alpha value is -1.40. The summed E-state index contributed by atoms with van der Waals surface area (Å²) in [4.78, 5) is 4.69. The lowest BCUT2D eigenvalue weighted by molar-refractivity contribution is 0.512. The molecule has 0 aliphatic carbocycles. The van der Waals surface area contributed by atoms with Crippen LogP contribution >= 0.6 is 27.5 Å². The number of hydrogen-bond acceptors (Lipinski definition) is 3. The molecule has 0 saturated carbocycles. The Bertz CT molecular complexity index is 722. The lowest BCUT2D eigenvalue weighted by Gasteiger charge is -2.08. The van der Waals surface area contributed by atoms with E-state index in [2.05, 4.69) is 36.9 Å². The summed E-state index contributed by atoms with van der Waals surface area (Å²) in [5.74, 6) is 1.62. The van der Waals surface area contributed by atoms with Gasteiger partial charge in [-0.25, -0.2) is 4.98 Å². The minimum Gasteiger partial charge on any atom is -0.328 e. The minimum absolute atomic E-state index is 0.577. The third-order valence-corrected chi connectivity index (χ3v) is 4.03. The molecule has 1 aromatic carbocycles. The summed E-state index contributed by atoms with van der Waals surface area (Å²) in [6, 6.07) is 6.18. The molecule has 0 atom stereocenters. The van der Waals surface area contributed by atoms with E-state index in [0.29, 0.717) is 5.88 Å². The second-order valence-corrected chi connectivity index (χ2v) is 6.07. The van der Waals surface area contributed by atoms with Crippen LogP contribution in [0.25, 0.3) is 11.0 Å². The van der Waals surface area contributed by atoms with Gasteiger partial charge in [-0.15, -0.1) is 16.7 Å². The van der Waals surface area contributed by atoms with Crippen molar-refractivity contribution in [3.05, 3.63) is 40.9 Å². The molecule has 0 fully saturated rings. The van der Waals surface area contributed by atoms with Crippen LogP contribution in [0.1, 0.15) is 12.2 Å². The molecule has 0 spiro atoms. The summed E-state index contributed by atoms with van der Waals surface area (Å²) in [6.07, 6.45) is 5.32. The summed E-state index contributed by atoms with van der Waals surface area (Å²) in [5, 5.41) is 7.80.